The van der Waals surface area contributed by atoms with Crippen LogP contribution in [0.4, 0.5) is 0 Å². The third kappa shape index (κ3) is 3.55. The van der Waals surface area contributed by atoms with Crippen LogP contribution in [0.3, 0.4) is 0 Å². The van der Waals surface area contributed by atoms with Crippen molar-refractivity contribution in [2.75, 3.05) is 26.7 Å². The lowest BCUT2D eigenvalue weighted by Gasteiger charge is -2.32. The van der Waals surface area contributed by atoms with Gasteiger partial charge < -0.3 is 15.7 Å². The topological polar surface area (TPSA) is 49.5 Å². The van der Waals surface area contributed by atoms with E-state index in [0.29, 0.717) is 5.92 Å². The molecular formula is C15H24N2O. The Morgan fingerprint density at radius 3 is 2.56 bits per heavy atom. The number of aliphatic hydroxyl groups excluding tert-OH is 1. The monoisotopic (exact) mass is 248 g/mol. The fourth-order valence-electron chi connectivity index (χ4n) is 2.51. The van der Waals surface area contributed by atoms with E-state index in [1.807, 2.05) is 6.07 Å². The van der Waals surface area contributed by atoms with Gasteiger partial charge in [-0.1, -0.05) is 30.3 Å². The van der Waals surface area contributed by atoms with Crippen molar-refractivity contribution in [3.8, 4) is 0 Å². The zero-order chi connectivity index (χ0) is 13.0. The van der Waals surface area contributed by atoms with E-state index in [4.69, 9.17) is 5.73 Å². The number of hydrogen-bond acceptors (Lipinski definition) is 3. The number of aliphatic hydroxyl groups is 1. The fourth-order valence-corrected chi connectivity index (χ4v) is 2.51. The Bertz CT molecular complexity index is 364. The van der Waals surface area contributed by atoms with Gasteiger partial charge in [-0.2, -0.15) is 0 Å². The van der Waals surface area contributed by atoms with Crippen molar-refractivity contribution in [2.24, 2.45) is 11.7 Å². The Hall–Kier alpha value is -0.900. The molecule has 100 valence electrons. The predicted octanol–water partition coefficient (Wildman–Crippen LogP) is 1.26. The summed E-state index contributed by atoms with van der Waals surface area (Å²) in [5, 5.41) is 9.48. The molecule has 1 aromatic rings. The van der Waals surface area contributed by atoms with E-state index in [0.717, 1.165) is 19.5 Å². The zero-order valence-corrected chi connectivity index (χ0v) is 11.2. The first-order valence-corrected chi connectivity index (χ1v) is 6.76. The average molecular weight is 248 g/mol. The summed E-state index contributed by atoms with van der Waals surface area (Å²) in [6, 6.07) is 10.5. The quantitative estimate of drug-likeness (QED) is 0.764. The normalized spacial score (nSPS) is 18.9. The molecule has 1 unspecified atom stereocenters. The summed E-state index contributed by atoms with van der Waals surface area (Å²) in [6.07, 6.45) is 3.37. The Labute approximate surface area is 110 Å². The van der Waals surface area contributed by atoms with Crippen molar-refractivity contribution in [1.82, 2.24) is 4.90 Å². The van der Waals surface area contributed by atoms with Crippen LogP contribution in [0.1, 0.15) is 18.4 Å². The lowest BCUT2D eigenvalue weighted by Crippen LogP contribution is -2.54. The molecule has 3 heteroatoms. The van der Waals surface area contributed by atoms with Crippen LogP contribution < -0.4 is 5.73 Å². The third-order valence-corrected chi connectivity index (χ3v) is 3.87. The zero-order valence-electron chi connectivity index (χ0n) is 11.2. The van der Waals surface area contributed by atoms with Crippen molar-refractivity contribution in [1.29, 1.82) is 0 Å². The predicted molar refractivity (Wildman–Crippen MR) is 74.4 cm³/mol. The lowest BCUT2D eigenvalue weighted by atomic mass is 9.95. The van der Waals surface area contributed by atoms with Crippen molar-refractivity contribution in [2.45, 2.75) is 24.8 Å². The SMILES string of the molecule is CN(CCc1ccccc1)CC(N)(CO)C1CC1. The largest absolute Gasteiger partial charge is 0.394 e. The van der Waals surface area contributed by atoms with Crippen LogP contribution in [-0.2, 0) is 6.42 Å². The molecule has 1 fully saturated rings. The van der Waals surface area contributed by atoms with Crippen LogP contribution in [0.25, 0.3) is 0 Å². The molecular weight excluding hydrogens is 224 g/mol. The first-order chi connectivity index (χ1) is 8.64. The molecule has 1 aromatic carbocycles. The van der Waals surface area contributed by atoms with Gasteiger partial charge >= 0.3 is 0 Å². The van der Waals surface area contributed by atoms with Gasteiger partial charge in [0.2, 0.25) is 0 Å². The molecule has 1 saturated carbocycles. The van der Waals surface area contributed by atoms with Crippen molar-refractivity contribution < 1.29 is 5.11 Å². The molecule has 0 aromatic heterocycles. The Morgan fingerprint density at radius 1 is 1.33 bits per heavy atom. The third-order valence-electron chi connectivity index (χ3n) is 3.87. The average Bonchev–Trinajstić information content (AvgIpc) is 3.22. The van der Waals surface area contributed by atoms with Gasteiger partial charge in [-0.3, -0.25) is 0 Å². The van der Waals surface area contributed by atoms with E-state index in [9.17, 15) is 5.11 Å². The smallest absolute Gasteiger partial charge is 0.0626 e. The molecule has 3 N–H and O–H groups in total. The second kappa shape index (κ2) is 5.83. The summed E-state index contributed by atoms with van der Waals surface area (Å²) in [6.45, 7) is 1.85. The number of benzene rings is 1. The van der Waals surface area contributed by atoms with Gasteiger partial charge in [0.15, 0.2) is 0 Å². The summed E-state index contributed by atoms with van der Waals surface area (Å²) in [4.78, 5) is 2.24. The van der Waals surface area contributed by atoms with Gasteiger partial charge in [0.1, 0.15) is 0 Å². The van der Waals surface area contributed by atoms with Crippen LogP contribution in [-0.4, -0.2) is 42.3 Å². The molecule has 2 rings (SSSR count). The second-order valence-corrected chi connectivity index (χ2v) is 5.64. The summed E-state index contributed by atoms with van der Waals surface area (Å²) in [7, 11) is 2.09. The fraction of sp³-hybridized carbons (Fsp3) is 0.600. The number of hydrogen-bond donors (Lipinski definition) is 2. The van der Waals surface area contributed by atoms with Gasteiger partial charge in [0.05, 0.1) is 12.1 Å². The number of nitrogens with zero attached hydrogens (tertiary/aromatic N) is 1. The van der Waals surface area contributed by atoms with E-state index in [-0.39, 0.29) is 6.61 Å². The van der Waals surface area contributed by atoms with Crippen molar-refractivity contribution >= 4 is 0 Å². The summed E-state index contributed by atoms with van der Waals surface area (Å²) in [5.74, 6) is 0.515. The van der Waals surface area contributed by atoms with Crippen LogP contribution in [0, 0.1) is 5.92 Å². The molecule has 1 aliphatic carbocycles. The number of nitrogens with two attached hydrogens (primary N) is 1. The van der Waals surface area contributed by atoms with Gasteiger partial charge in [0.25, 0.3) is 0 Å². The molecule has 0 saturated heterocycles. The Morgan fingerprint density at radius 2 is 2.00 bits per heavy atom. The Balaban J connectivity index is 1.79. The van der Waals surface area contributed by atoms with Crippen LogP contribution >= 0.6 is 0 Å². The first-order valence-electron chi connectivity index (χ1n) is 6.76. The van der Waals surface area contributed by atoms with Crippen LogP contribution in [0.5, 0.6) is 0 Å². The molecule has 0 heterocycles. The van der Waals surface area contributed by atoms with Crippen molar-refractivity contribution in [3.63, 3.8) is 0 Å². The molecule has 0 bridgehead atoms. The van der Waals surface area contributed by atoms with Crippen LogP contribution in [0.15, 0.2) is 30.3 Å². The van der Waals surface area contributed by atoms with Crippen molar-refractivity contribution in [3.05, 3.63) is 35.9 Å². The molecule has 0 aliphatic heterocycles. The maximum Gasteiger partial charge on any atom is 0.0626 e. The van der Waals surface area contributed by atoms with Gasteiger partial charge in [-0.15, -0.1) is 0 Å². The minimum atomic E-state index is -0.397. The van der Waals surface area contributed by atoms with E-state index >= 15 is 0 Å². The van der Waals surface area contributed by atoms with E-state index in [1.165, 1.54) is 18.4 Å². The number of likely N-dealkylation sites (N-methyl/N-ethyl adjacent to an activating group) is 1. The minimum Gasteiger partial charge on any atom is -0.394 e. The maximum absolute atomic E-state index is 9.48. The molecule has 1 aliphatic rings. The molecule has 18 heavy (non-hydrogen) atoms. The molecule has 0 spiro atoms. The summed E-state index contributed by atoms with van der Waals surface area (Å²) >= 11 is 0. The second-order valence-electron chi connectivity index (χ2n) is 5.64. The molecule has 3 nitrogen and oxygen atoms in total. The highest BCUT2D eigenvalue weighted by Gasteiger charge is 2.42. The highest BCUT2D eigenvalue weighted by molar-refractivity contribution is 5.14. The molecule has 1 atom stereocenters. The van der Waals surface area contributed by atoms with Gasteiger partial charge in [-0.25, -0.2) is 0 Å². The Kier molecular flexibility index (Phi) is 4.38. The maximum atomic E-state index is 9.48. The minimum absolute atomic E-state index is 0.0906. The summed E-state index contributed by atoms with van der Waals surface area (Å²) < 4.78 is 0. The van der Waals surface area contributed by atoms with E-state index in [1.54, 1.807) is 0 Å². The highest BCUT2D eigenvalue weighted by atomic mass is 16.3. The first kappa shape index (κ1) is 13.5. The molecule has 0 radical (unpaired) electrons. The van der Waals surface area contributed by atoms with E-state index in [2.05, 4.69) is 36.2 Å². The molecule has 0 amide bonds. The van der Waals surface area contributed by atoms with Crippen LogP contribution in [0.2, 0.25) is 0 Å². The standard InChI is InChI=1S/C15H24N2O/c1-17(10-9-13-5-3-2-4-6-13)11-15(16,12-18)14-7-8-14/h2-6,14,18H,7-12,16H2,1H3. The van der Waals surface area contributed by atoms with E-state index < -0.39 is 5.54 Å². The number of rotatable bonds is 7. The summed E-state index contributed by atoms with van der Waals surface area (Å²) in [5.41, 5.74) is 7.23. The highest BCUT2D eigenvalue weighted by Crippen LogP contribution is 2.38. The van der Waals surface area contributed by atoms with Gasteiger partial charge in [0, 0.05) is 13.1 Å². The lowest BCUT2D eigenvalue weighted by molar-refractivity contribution is 0.134. The van der Waals surface area contributed by atoms with Gasteiger partial charge in [-0.05, 0) is 37.8 Å².